The highest BCUT2D eigenvalue weighted by molar-refractivity contribution is 5.96. The number of aromatic nitrogens is 1. The second-order valence-corrected chi connectivity index (χ2v) is 6.74. The number of carbonyl (C=O) groups is 2. The van der Waals surface area contributed by atoms with Crippen LogP contribution in [0.2, 0.25) is 0 Å². The molecule has 3 heterocycles. The number of amides is 2. The Balaban J connectivity index is 1.67. The van der Waals surface area contributed by atoms with Crippen LogP contribution < -0.4 is 0 Å². The molecule has 0 saturated carbocycles. The van der Waals surface area contributed by atoms with E-state index in [2.05, 4.69) is 5.16 Å². The summed E-state index contributed by atoms with van der Waals surface area (Å²) < 4.78 is 5.10. The molecule has 6 nitrogen and oxygen atoms in total. The summed E-state index contributed by atoms with van der Waals surface area (Å²) in [5.41, 5.74) is 1.45. The number of piperidine rings is 2. The van der Waals surface area contributed by atoms with Crippen molar-refractivity contribution in [3.8, 4) is 0 Å². The first kappa shape index (κ1) is 15.1. The molecular weight excluding hydrogens is 282 g/mol. The normalized spacial score (nSPS) is 21.5. The quantitative estimate of drug-likeness (QED) is 0.793. The number of likely N-dealkylation sites (tertiary alicyclic amines) is 2. The van der Waals surface area contributed by atoms with Crippen LogP contribution in [0.1, 0.15) is 47.5 Å². The van der Waals surface area contributed by atoms with Crippen molar-refractivity contribution in [3.05, 3.63) is 17.0 Å². The van der Waals surface area contributed by atoms with Gasteiger partial charge in [0.05, 0.1) is 5.69 Å². The van der Waals surface area contributed by atoms with Gasteiger partial charge in [0, 0.05) is 33.1 Å². The molecule has 2 saturated heterocycles. The molecule has 1 aromatic heterocycles. The van der Waals surface area contributed by atoms with Crippen molar-refractivity contribution in [1.82, 2.24) is 15.0 Å². The Bertz CT molecular complexity index is 580. The van der Waals surface area contributed by atoms with Crippen molar-refractivity contribution < 1.29 is 14.1 Å². The molecule has 2 aliphatic heterocycles. The van der Waals surface area contributed by atoms with Gasteiger partial charge in [-0.05, 0) is 38.5 Å². The summed E-state index contributed by atoms with van der Waals surface area (Å²) in [6, 6.07) is 0. The van der Waals surface area contributed by atoms with Crippen LogP contribution >= 0.6 is 0 Å². The predicted molar refractivity (Wildman–Crippen MR) is 80.4 cm³/mol. The summed E-state index contributed by atoms with van der Waals surface area (Å²) in [5, 5.41) is 3.87. The van der Waals surface area contributed by atoms with Gasteiger partial charge in [0.25, 0.3) is 5.91 Å². The molecule has 2 aliphatic rings. The van der Waals surface area contributed by atoms with Crippen molar-refractivity contribution in [2.24, 2.45) is 5.41 Å². The van der Waals surface area contributed by atoms with Crippen LogP contribution in [0.25, 0.3) is 0 Å². The molecule has 0 unspecified atom stereocenters. The highest BCUT2D eigenvalue weighted by Crippen LogP contribution is 2.40. The van der Waals surface area contributed by atoms with Crippen LogP contribution in [0.4, 0.5) is 0 Å². The molecule has 1 aromatic rings. The second kappa shape index (κ2) is 5.41. The lowest BCUT2D eigenvalue weighted by atomic mass is 9.72. The topological polar surface area (TPSA) is 66.7 Å². The first-order chi connectivity index (χ1) is 10.4. The van der Waals surface area contributed by atoms with E-state index in [4.69, 9.17) is 4.52 Å². The van der Waals surface area contributed by atoms with Crippen LogP contribution in [-0.2, 0) is 4.79 Å². The van der Waals surface area contributed by atoms with Crippen LogP contribution in [0.15, 0.2) is 4.52 Å². The van der Waals surface area contributed by atoms with Crippen molar-refractivity contribution in [2.75, 3.05) is 26.7 Å². The highest BCUT2D eigenvalue weighted by atomic mass is 16.5. The zero-order valence-corrected chi connectivity index (χ0v) is 13.5. The van der Waals surface area contributed by atoms with E-state index in [-0.39, 0.29) is 17.2 Å². The fourth-order valence-electron chi connectivity index (χ4n) is 3.77. The largest absolute Gasteiger partial charge is 0.361 e. The van der Waals surface area contributed by atoms with E-state index < -0.39 is 0 Å². The summed E-state index contributed by atoms with van der Waals surface area (Å²) in [7, 11) is 1.88. The first-order valence-electron chi connectivity index (χ1n) is 7.88. The van der Waals surface area contributed by atoms with Crippen LogP contribution in [0, 0.1) is 19.3 Å². The maximum Gasteiger partial charge on any atom is 0.259 e. The van der Waals surface area contributed by atoms with Gasteiger partial charge in [0.1, 0.15) is 11.3 Å². The maximum absolute atomic E-state index is 12.7. The molecule has 0 bridgehead atoms. The molecule has 22 heavy (non-hydrogen) atoms. The Morgan fingerprint density at radius 3 is 2.45 bits per heavy atom. The molecular formula is C16H23N3O3. The molecule has 3 rings (SSSR count). The third-order valence-corrected chi connectivity index (χ3v) is 5.23. The minimum Gasteiger partial charge on any atom is -0.361 e. The second-order valence-electron chi connectivity index (χ2n) is 6.74. The Hall–Kier alpha value is -1.85. The molecule has 6 heteroatoms. The number of hydrogen-bond donors (Lipinski definition) is 0. The molecule has 0 atom stereocenters. The standard InChI is InChI=1S/C16H23N3O3/c1-11-14(12(2)22-17-11)15(21)19-8-6-16(7-9-19)5-4-13(20)18(3)10-16/h4-10H2,1-3H3. The van der Waals surface area contributed by atoms with Gasteiger partial charge >= 0.3 is 0 Å². The third-order valence-electron chi connectivity index (χ3n) is 5.23. The lowest BCUT2D eigenvalue weighted by molar-refractivity contribution is -0.137. The van der Waals surface area contributed by atoms with E-state index in [9.17, 15) is 9.59 Å². The Morgan fingerprint density at radius 2 is 1.91 bits per heavy atom. The monoisotopic (exact) mass is 305 g/mol. The highest BCUT2D eigenvalue weighted by Gasteiger charge is 2.41. The van der Waals surface area contributed by atoms with Gasteiger partial charge in [0.2, 0.25) is 5.91 Å². The number of nitrogens with zero attached hydrogens (tertiary/aromatic N) is 3. The molecule has 2 fully saturated rings. The summed E-state index contributed by atoms with van der Waals surface area (Å²) >= 11 is 0. The average molecular weight is 305 g/mol. The number of hydrogen-bond acceptors (Lipinski definition) is 4. The minimum atomic E-state index is 0.0198. The molecule has 120 valence electrons. The first-order valence-corrected chi connectivity index (χ1v) is 7.88. The molecule has 0 radical (unpaired) electrons. The summed E-state index contributed by atoms with van der Waals surface area (Å²) in [6.45, 7) is 5.88. The maximum atomic E-state index is 12.7. The molecule has 0 N–H and O–H groups in total. The van der Waals surface area contributed by atoms with E-state index in [1.54, 1.807) is 13.8 Å². The zero-order chi connectivity index (χ0) is 15.9. The lowest BCUT2D eigenvalue weighted by Crippen LogP contribution is -2.51. The van der Waals surface area contributed by atoms with Crippen LogP contribution in [-0.4, -0.2) is 53.5 Å². The van der Waals surface area contributed by atoms with Gasteiger partial charge < -0.3 is 14.3 Å². The van der Waals surface area contributed by atoms with E-state index in [1.165, 1.54) is 0 Å². The van der Waals surface area contributed by atoms with Crippen LogP contribution in [0.3, 0.4) is 0 Å². The Labute approximate surface area is 130 Å². The lowest BCUT2D eigenvalue weighted by Gasteiger charge is -2.46. The van der Waals surface area contributed by atoms with Gasteiger partial charge in [-0.1, -0.05) is 5.16 Å². The molecule has 1 spiro atoms. The Kier molecular flexibility index (Phi) is 3.70. The van der Waals surface area contributed by atoms with Crippen molar-refractivity contribution in [1.29, 1.82) is 0 Å². The average Bonchev–Trinajstić information content (AvgIpc) is 2.83. The molecule has 2 amide bonds. The van der Waals surface area contributed by atoms with E-state index in [1.807, 2.05) is 16.8 Å². The number of carbonyl (C=O) groups excluding carboxylic acids is 2. The fraction of sp³-hybridized carbons (Fsp3) is 0.688. The van der Waals surface area contributed by atoms with Gasteiger partial charge in [-0.15, -0.1) is 0 Å². The van der Waals surface area contributed by atoms with Crippen LogP contribution in [0.5, 0.6) is 0 Å². The molecule has 0 aromatic carbocycles. The predicted octanol–water partition coefficient (Wildman–Crippen LogP) is 1.77. The van der Waals surface area contributed by atoms with Gasteiger partial charge in [-0.25, -0.2) is 0 Å². The van der Waals surface area contributed by atoms with E-state index >= 15 is 0 Å². The summed E-state index contributed by atoms with van der Waals surface area (Å²) in [5.74, 6) is 0.844. The number of rotatable bonds is 1. The fourth-order valence-corrected chi connectivity index (χ4v) is 3.77. The Morgan fingerprint density at radius 1 is 1.23 bits per heavy atom. The summed E-state index contributed by atoms with van der Waals surface area (Å²) in [4.78, 5) is 28.1. The number of aryl methyl sites for hydroxylation is 2. The van der Waals surface area contributed by atoms with Crippen molar-refractivity contribution in [3.63, 3.8) is 0 Å². The van der Waals surface area contributed by atoms with Gasteiger partial charge in [0.15, 0.2) is 0 Å². The minimum absolute atomic E-state index is 0.0198. The third kappa shape index (κ3) is 2.51. The summed E-state index contributed by atoms with van der Waals surface area (Å²) in [6.07, 6.45) is 3.50. The van der Waals surface area contributed by atoms with Crippen molar-refractivity contribution in [2.45, 2.75) is 39.5 Å². The smallest absolute Gasteiger partial charge is 0.259 e. The molecule has 0 aliphatic carbocycles. The zero-order valence-electron chi connectivity index (χ0n) is 13.5. The van der Waals surface area contributed by atoms with Gasteiger partial charge in [-0.3, -0.25) is 9.59 Å². The van der Waals surface area contributed by atoms with E-state index in [0.29, 0.717) is 23.4 Å². The van der Waals surface area contributed by atoms with E-state index in [0.717, 1.165) is 38.9 Å². The SMILES string of the molecule is Cc1noc(C)c1C(=O)N1CCC2(CCC(=O)N(C)C2)CC1. The van der Waals surface area contributed by atoms with Crippen molar-refractivity contribution >= 4 is 11.8 Å². The van der Waals surface area contributed by atoms with Gasteiger partial charge in [-0.2, -0.15) is 0 Å².